The Morgan fingerprint density at radius 3 is 0.815 bits per heavy atom. The van der Waals surface area contributed by atoms with Crippen LogP contribution in [0.25, 0.3) is 0 Å². The minimum atomic E-state index is 1.10. The van der Waals surface area contributed by atoms with Crippen LogP contribution in [0.3, 0.4) is 0 Å². The van der Waals surface area contributed by atoms with Gasteiger partial charge in [0.2, 0.25) is 0 Å². The van der Waals surface area contributed by atoms with Crippen molar-refractivity contribution in [2.75, 3.05) is 0 Å². The highest BCUT2D eigenvalue weighted by molar-refractivity contribution is 4.85. The second-order valence-corrected chi connectivity index (χ2v) is 11.5. The molecule has 27 heavy (non-hydrogen) atoms. The lowest BCUT2D eigenvalue weighted by Gasteiger charge is -2.40. The van der Waals surface area contributed by atoms with Crippen LogP contribution >= 0.6 is 0 Å². The first-order valence-electron chi connectivity index (χ1n) is 13.3. The van der Waals surface area contributed by atoms with Gasteiger partial charge in [0.05, 0.1) is 0 Å². The zero-order chi connectivity index (χ0) is 18.3. The van der Waals surface area contributed by atoms with Crippen LogP contribution in [0.1, 0.15) is 135 Å². The summed E-state index contributed by atoms with van der Waals surface area (Å²) < 4.78 is 0. The van der Waals surface area contributed by atoms with E-state index in [1.54, 1.807) is 77.0 Å². The molecule has 0 N–H and O–H groups in total. The van der Waals surface area contributed by atoms with Gasteiger partial charge < -0.3 is 0 Å². The number of hydrogen-bond donors (Lipinski definition) is 0. The van der Waals surface area contributed by atoms with Crippen molar-refractivity contribution in [1.29, 1.82) is 0 Å². The molecular weight excluding hydrogens is 324 g/mol. The molecule has 0 spiro atoms. The van der Waals surface area contributed by atoms with Gasteiger partial charge in [-0.15, -0.1) is 0 Å². The monoisotopic (exact) mass is 372 g/mol. The fourth-order valence-corrected chi connectivity index (χ4v) is 7.96. The highest BCUT2D eigenvalue weighted by Crippen LogP contribution is 2.46. The van der Waals surface area contributed by atoms with Crippen LogP contribution in [0.5, 0.6) is 0 Å². The van der Waals surface area contributed by atoms with Crippen LogP contribution in [0, 0.1) is 35.5 Å². The first kappa shape index (κ1) is 20.3. The summed E-state index contributed by atoms with van der Waals surface area (Å²) in [7, 11) is 0. The van der Waals surface area contributed by atoms with Crippen molar-refractivity contribution >= 4 is 0 Å². The maximum Gasteiger partial charge on any atom is -0.0406 e. The summed E-state index contributed by atoms with van der Waals surface area (Å²) in [6.07, 6.45) is 32.9. The fraction of sp³-hybridized carbons (Fsp3) is 1.00. The molecule has 0 amide bonds. The van der Waals surface area contributed by atoms with E-state index in [1.807, 2.05) is 0 Å². The van der Waals surface area contributed by atoms with Crippen LogP contribution in [0.2, 0.25) is 0 Å². The lowest BCUT2D eigenvalue weighted by Crippen LogP contribution is -2.28. The predicted octanol–water partition coefficient (Wildman–Crippen LogP) is 8.93. The summed E-state index contributed by atoms with van der Waals surface area (Å²) in [6, 6.07) is 0. The SMILES string of the molecule is C1CCC(CC2CC(CC3CCCCC3)CC(CC3CCCCC3)C2)CC1. The summed E-state index contributed by atoms with van der Waals surface area (Å²) in [5.74, 6) is 6.62. The summed E-state index contributed by atoms with van der Waals surface area (Å²) in [6.45, 7) is 0. The quantitative estimate of drug-likeness (QED) is 0.436. The van der Waals surface area contributed by atoms with E-state index in [1.165, 1.54) is 57.8 Å². The van der Waals surface area contributed by atoms with Crippen molar-refractivity contribution in [3.8, 4) is 0 Å². The molecule has 4 fully saturated rings. The van der Waals surface area contributed by atoms with Crippen molar-refractivity contribution in [2.45, 2.75) is 135 Å². The van der Waals surface area contributed by atoms with Gasteiger partial charge in [-0.05, 0) is 74.0 Å². The Kier molecular flexibility index (Phi) is 8.02. The molecule has 4 aliphatic carbocycles. The topological polar surface area (TPSA) is 0 Å². The molecule has 0 heterocycles. The highest BCUT2D eigenvalue weighted by Gasteiger charge is 2.33. The molecule has 0 radical (unpaired) electrons. The van der Waals surface area contributed by atoms with E-state index in [4.69, 9.17) is 0 Å². The van der Waals surface area contributed by atoms with Crippen LogP contribution < -0.4 is 0 Å². The molecule has 4 saturated carbocycles. The minimum Gasteiger partial charge on any atom is -0.0533 e. The van der Waals surface area contributed by atoms with Crippen LogP contribution in [-0.4, -0.2) is 0 Å². The van der Waals surface area contributed by atoms with E-state index in [-0.39, 0.29) is 0 Å². The molecule has 4 rings (SSSR count). The zero-order valence-electron chi connectivity index (χ0n) is 18.3. The summed E-state index contributed by atoms with van der Waals surface area (Å²) in [4.78, 5) is 0. The molecule has 0 aromatic heterocycles. The first-order valence-corrected chi connectivity index (χ1v) is 13.3. The summed E-state index contributed by atoms with van der Waals surface area (Å²) in [5, 5.41) is 0. The van der Waals surface area contributed by atoms with E-state index in [0.29, 0.717) is 0 Å². The van der Waals surface area contributed by atoms with Crippen LogP contribution in [-0.2, 0) is 0 Å². The minimum absolute atomic E-state index is 1.10. The summed E-state index contributed by atoms with van der Waals surface area (Å²) >= 11 is 0. The van der Waals surface area contributed by atoms with Gasteiger partial charge in [-0.25, -0.2) is 0 Å². The third-order valence-corrected chi connectivity index (χ3v) is 9.17. The smallest absolute Gasteiger partial charge is 0.0406 e. The van der Waals surface area contributed by atoms with Crippen molar-refractivity contribution in [3.05, 3.63) is 0 Å². The Morgan fingerprint density at radius 2 is 0.556 bits per heavy atom. The van der Waals surface area contributed by atoms with E-state index < -0.39 is 0 Å². The normalized spacial score (nSPS) is 35.3. The maximum atomic E-state index is 1.62. The van der Waals surface area contributed by atoms with Gasteiger partial charge in [-0.1, -0.05) is 96.3 Å². The van der Waals surface area contributed by atoms with Crippen molar-refractivity contribution in [2.24, 2.45) is 35.5 Å². The molecule has 0 aromatic carbocycles. The highest BCUT2D eigenvalue weighted by atomic mass is 14.4. The van der Waals surface area contributed by atoms with Crippen molar-refractivity contribution in [1.82, 2.24) is 0 Å². The second kappa shape index (κ2) is 10.7. The Bertz CT molecular complexity index is 326. The Labute approximate surface area is 170 Å². The molecule has 0 aromatic rings. The fourth-order valence-electron chi connectivity index (χ4n) is 7.96. The molecule has 0 atom stereocenters. The first-order chi connectivity index (χ1) is 13.3. The van der Waals surface area contributed by atoms with Gasteiger partial charge in [0, 0.05) is 0 Å². The van der Waals surface area contributed by atoms with Gasteiger partial charge in [0.1, 0.15) is 0 Å². The van der Waals surface area contributed by atoms with Crippen LogP contribution in [0.4, 0.5) is 0 Å². The average Bonchev–Trinajstić information content (AvgIpc) is 2.70. The lowest BCUT2D eigenvalue weighted by molar-refractivity contribution is 0.113. The Morgan fingerprint density at radius 1 is 0.296 bits per heavy atom. The van der Waals surface area contributed by atoms with Gasteiger partial charge in [-0.3, -0.25) is 0 Å². The number of rotatable bonds is 6. The Hall–Kier alpha value is 0. The molecule has 0 bridgehead atoms. The lowest BCUT2D eigenvalue weighted by atomic mass is 9.65. The van der Waals surface area contributed by atoms with E-state index >= 15 is 0 Å². The van der Waals surface area contributed by atoms with Gasteiger partial charge >= 0.3 is 0 Å². The molecule has 0 unspecified atom stereocenters. The van der Waals surface area contributed by atoms with E-state index in [2.05, 4.69) is 0 Å². The van der Waals surface area contributed by atoms with Gasteiger partial charge in [0.15, 0.2) is 0 Å². The molecule has 0 heteroatoms. The average molecular weight is 373 g/mol. The molecule has 0 nitrogen and oxygen atoms in total. The van der Waals surface area contributed by atoms with Gasteiger partial charge in [0.25, 0.3) is 0 Å². The standard InChI is InChI=1S/C27H48/c1-4-10-22(11-5-1)16-25-19-26(17-23-12-6-2-7-13-23)21-27(20-25)18-24-14-8-3-9-15-24/h22-27H,1-21H2. The number of hydrogen-bond acceptors (Lipinski definition) is 0. The van der Waals surface area contributed by atoms with E-state index in [0.717, 1.165) is 35.5 Å². The molecule has 0 saturated heterocycles. The zero-order valence-corrected chi connectivity index (χ0v) is 18.3. The van der Waals surface area contributed by atoms with Gasteiger partial charge in [-0.2, -0.15) is 0 Å². The molecular formula is C27H48. The molecule has 4 aliphatic rings. The maximum absolute atomic E-state index is 1.62. The van der Waals surface area contributed by atoms with Crippen LogP contribution in [0.15, 0.2) is 0 Å². The largest absolute Gasteiger partial charge is 0.0533 e. The Balaban J connectivity index is 1.32. The third-order valence-electron chi connectivity index (χ3n) is 9.17. The molecule has 156 valence electrons. The second-order valence-electron chi connectivity index (χ2n) is 11.5. The molecule has 0 aliphatic heterocycles. The summed E-state index contributed by atoms with van der Waals surface area (Å²) in [5.41, 5.74) is 0. The van der Waals surface area contributed by atoms with Crippen molar-refractivity contribution < 1.29 is 0 Å². The van der Waals surface area contributed by atoms with Crippen molar-refractivity contribution in [3.63, 3.8) is 0 Å². The third kappa shape index (κ3) is 6.50. The predicted molar refractivity (Wildman–Crippen MR) is 118 cm³/mol. The van der Waals surface area contributed by atoms with E-state index in [9.17, 15) is 0 Å².